The summed E-state index contributed by atoms with van der Waals surface area (Å²) in [5.74, 6) is -0.0225. The molecule has 1 N–H and O–H groups in total. The second-order valence-corrected chi connectivity index (χ2v) is 10.5. The molecule has 2 aliphatic rings. The number of carbonyl (C=O) groups is 3. The largest absolute Gasteiger partial charge is 0.318 e. The van der Waals surface area contributed by atoms with Gasteiger partial charge in [-0.3, -0.25) is 24.6 Å². The maximum atomic E-state index is 13.4. The Morgan fingerprint density at radius 1 is 1.14 bits per heavy atom. The Hall–Kier alpha value is -2.72. The van der Waals surface area contributed by atoms with Gasteiger partial charge in [0.25, 0.3) is 5.91 Å². The van der Waals surface area contributed by atoms with Gasteiger partial charge in [-0.15, -0.1) is 10.2 Å². The van der Waals surface area contributed by atoms with Crippen LogP contribution in [0.3, 0.4) is 0 Å². The van der Waals surface area contributed by atoms with E-state index in [4.69, 9.17) is 0 Å². The van der Waals surface area contributed by atoms with Crippen molar-refractivity contribution >= 4 is 29.5 Å². The summed E-state index contributed by atoms with van der Waals surface area (Å²) in [6.45, 7) is 2.63. The van der Waals surface area contributed by atoms with Crippen LogP contribution < -0.4 is 5.32 Å². The number of amides is 3. The molecule has 1 aromatic heterocycles. The number of rotatable bonds is 8. The molecule has 2 heterocycles. The highest BCUT2D eigenvalue weighted by Crippen LogP contribution is 2.36. The average molecular weight is 499 g/mol. The zero-order valence-electron chi connectivity index (χ0n) is 20.7. The van der Waals surface area contributed by atoms with Gasteiger partial charge in [0.1, 0.15) is 12.1 Å². The van der Waals surface area contributed by atoms with E-state index < -0.39 is 11.4 Å². The fourth-order valence-electron chi connectivity index (χ4n) is 5.21. The molecule has 4 rings (SSSR count). The van der Waals surface area contributed by atoms with Crippen molar-refractivity contribution in [2.75, 3.05) is 26.4 Å². The average Bonchev–Trinajstić information content (AvgIpc) is 3.23. The van der Waals surface area contributed by atoms with Gasteiger partial charge in [-0.1, -0.05) is 68.3 Å². The minimum atomic E-state index is -0.912. The third kappa shape index (κ3) is 5.28. The van der Waals surface area contributed by atoms with Crippen LogP contribution >= 0.6 is 11.8 Å². The normalized spacial score (nSPS) is 18.7. The van der Waals surface area contributed by atoms with Crippen LogP contribution in [0, 0.1) is 0 Å². The molecule has 1 atom stereocenters. The number of imide groups is 1. The van der Waals surface area contributed by atoms with E-state index in [1.165, 1.54) is 16.7 Å². The molecule has 0 radical (unpaired) electrons. The van der Waals surface area contributed by atoms with Gasteiger partial charge in [-0.05, 0) is 38.9 Å². The molecule has 35 heavy (non-hydrogen) atoms. The lowest BCUT2D eigenvalue weighted by Crippen LogP contribution is -2.69. The standard InChI is InChI=1S/C25H34N6O3S/c1-4-19(29(2)3)22-27-28-24(30(22)15-18-11-7-5-8-12-18)35-17-21(33)31-16-20(32)26-23(34)25(31)13-9-6-10-14-25/h5,7-8,11-12,19H,4,6,9-10,13-17H2,1-3H3,(H,26,32,34). The SMILES string of the molecule is CCC(c1nnc(SCC(=O)N2CC(=O)NC(=O)C23CCCCC3)n1Cc1ccccc1)N(C)C. The number of carbonyl (C=O) groups excluding carboxylic acids is 3. The lowest BCUT2D eigenvalue weighted by molar-refractivity contribution is -0.158. The lowest BCUT2D eigenvalue weighted by Gasteiger charge is -2.47. The Morgan fingerprint density at radius 3 is 2.51 bits per heavy atom. The Bertz CT molecular complexity index is 1060. The van der Waals surface area contributed by atoms with Crippen LogP contribution in [-0.4, -0.2) is 74.2 Å². The van der Waals surface area contributed by atoms with Crippen molar-refractivity contribution < 1.29 is 14.4 Å². The van der Waals surface area contributed by atoms with E-state index in [1.807, 2.05) is 32.3 Å². The van der Waals surface area contributed by atoms with Gasteiger partial charge < -0.3 is 9.47 Å². The Kier molecular flexibility index (Phi) is 7.91. The Morgan fingerprint density at radius 2 is 1.86 bits per heavy atom. The summed E-state index contributed by atoms with van der Waals surface area (Å²) in [4.78, 5) is 42.1. The third-order valence-electron chi connectivity index (χ3n) is 7.04. The van der Waals surface area contributed by atoms with E-state index in [-0.39, 0.29) is 30.2 Å². The van der Waals surface area contributed by atoms with Gasteiger partial charge >= 0.3 is 0 Å². The zero-order valence-corrected chi connectivity index (χ0v) is 21.5. The van der Waals surface area contributed by atoms with Crippen molar-refractivity contribution in [3.8, 4) is 0 Å². The first-order valence-electron chi connectivity index (χ1n) is 12.3. The molecular weight excluding hydrogens is 464 g/mol. The number of benzene rings is 1. The summed E-state index contributed by atoms with van der Waals surface area (Å²) in [5, 5.41) is 12.1. The third-order valence-corrected chi connectivity index (χ3v) is 7.99. The van der Waals surface area contributed by atoms with Crippen LogP contribution in [0.15, 0.2) is 35.5 Å². The number of hydrogen-bond acceptors (Lipinski definition) is 7. The van der Waals surface area contributed by atoms with Crippen molar-refractivity contribution in [2.45, 2.75) is 68.7 Å². The molecule has 2 fully saturated rings. The molecule has 1 spiro atoms. The van der Waals surface area contributed by atoms with E-state index >= 15 is 0 Å². The minimum Gasteiger partial charge on any atom is -0.318 e. The predicted octanol–water partition coefficient (Wildman–Crippen LogP) is 2.62. The van der Waals surface area contributed by atoms with Gasteiger partial charge in [-0.25, -0.2) is 0 Å². The minimum absolute atomic E-state index is 0.0778. The van der Waals surface area contributed by atoms with Crippen LogP contribution in [0.2, 0.25) is 0 Å². The van der Waals surface area contributed by atoms with E-state index in [9.17, 15) is 14.4 Å². The van der Waals surface area contributed by atoms with Crippen LogP contribution in [0.5, 0.6) is 0 Å². The molecule has 1 unspecified atom stereocenters. The maximum Gasteiger partial charge on any atom is 0.252 e. The van der Waals surface area contributed by atoms with E-state index in [0.717, 1.165) is 37.1 Å². The summed E-state index contributed by atoms with van der Waals surface area (Å²) < 4.78 is 2.08. The predicted molar refractivity (Wildman–Crippen MR) is 134 cm³/mol. The molecule has 2 aromatic rings. The fraction of sp³-hybridized carbons (Fsp3) is 0.560. The first-order chi connectivity index (χ1) is 16.9. The van der Waals surface area contributed by atoms with Gasteiger partial charge in [0.2, 0.25) is 11.8 Å². The number of thioether (sulfide) groups is 1. The highest BCUT2D eigenvalue weighted by molar-refractivity contribution is 7.99. The van der Waals surface area contributed by atoms with Crippen molar-refractivity contribution in [3.63, 3.8) is 0 Å². The Labute approximate surface area is 210 Å². The Balaban J connectivity index is 1.57. The van der Waals surface area contributed by atoms with Gasteiger partial charge in [0, 0.05) is 0 Å². The summed E-state index contributed by atoms with van der Waals surface area (Å²) in [7, 11) is 4.04. The smallest absolute Gasteiger partial charge is 0.252 e. The first kappa shape index (κ1) is 25.4. The van der Waals surface area contributed by atoms with Crippen molar-refractivity contribution in [2.24, 2.45) is 0 Å². The molecular formula is C25H34N6O3S. The fourth-order valence-corrected chi connectivity index (χ4v) is 6.03. The molecule has 0 bridgehead atoms. The van der Waals surface area contributed by atoms with Gasteiger partial charge in [-0.2, -0.15) is 0 Å². The summed E-state index contributed by atoms with van der Waals surface area (Å²) in [6, 6.07) is 10.2. The first-order valence-corrected chi connectivity index (χ1v) is 13.2. The van der Waals surface area contributed by atoms with Crippen molar-refractivity contribution in [1.82, 2.24) is 29.9 Å². The number of aromatic nitrogens is 3. The quantitative estimate of drug-likeness (QED) is 0.441. The molecule has 1 aromatic carbocycles. The van der Waals surface area contributed by atoms with E-state index in [0.29, 0.717) is 24.5 Å². The summed E-state index contributed by atoms with van der Waals surface area (Å²) in [5.41, 5.74) is 0.208. The zero-order chi connectivity index (χ0) is 25.0. The maximum absolute atomic E-state index is 13.4. The molecule has 1 saturated carbocycles. The number of piperazine rings is 1. The highest BCUT2D eigenvalue weighted by Gasteiger charge is 2.50. The molecule has 9 nitrogen and oxygen atoms in total. The van der Waals surface area contributed by atoms with Gasteiger partial charge in [0.05, 0.1) is 18.3 Å². The second-order valence-electron chi connectivity index (χ2n) is 9.54. The highest BCUT2D eigenvalue weighted by atomic mass is 32.2. The van der Waals surface area contributed by atoms with Crippen LogP contribution in [0.4, 0.5) is 0 Å². The molecule has 1 saturated heterocycles. The number of nitrogens with zero attached hydrogens (tertiary/aromatic N) is 5. The summed E-state index contributed by atoms with van der Waals surface area (Å²) in [6.07, 6.45) is 4.84. The molecule has 1 aliphatic heterocycles. The van der Waals surface area contributed by atoms with Crippen LogP contribution in [0.1, 0.15) is 62.9 Å². The van der Waals surface area contributed by atoms with Crippen LogP contribution in [0.25, 0.3) is 0 Å². The van der Waals surface area contributed by atoms with Crippen molar-refractivity contribution in [1.29, 1.82) is 0 Å². The van der Waals surface area contributed by atoms with Gasteiger partial charge in [0.15, 0.2) is 11.0 Å². The summed E-state index contributed by atoms with van der Waals surface area (Å²) >= 11 is 1.31. The topological polar surface area (TPSA) is 100 Å². The van der Waals surface area contributed by atoms with Crippen molar-refractivity contribution in [3.05, 3.63) is 41.7 Å². The molecule has 10 heteroatoms. The number of nitrogens with one attached hydrogen (secondary N) is 1. The lowest BCUT2D eigenvalue weighted by atomic mass is 9.78. The molecule has 3 amide bonds. The molecule has 188 valence electrons. The van der Waals surface area contributed by atoms with Crippen LogP contribution in [-0.2, 0) is 20.9 Å². The van der Waals surface area contributed by atoms with E-state index in [1.54, 1.807) is 0 Å². The second kappa shape index (κ2) is 10.9. The van der Waals surface area contributed by atoms with E-state index in [2.05, 4.69) is 44.0 Å². The number of hydrogen-bond donors (Lipinski definition) is 1. The monoisotopic (exact) mass is 498 g/mol. The molecule has 1 aliphatic carbocycles.